The Bertz CT molecular complexity index is 258. The minimum Gasteiger partial charge on any atom is -0.330 e. The Morgan fingerprint density at radius 3 is 2.36 bits per heavy atom. The second-order valence-electron chi connectivity index (χ2n) is 3.34. The Balaban J connectivity index is 2.34. The number of hydrogen-bond acceptors (Lipinski definition) is 1. The lowest BCUT2D eigenvalue weighted by Gasteiger charge is -2.06. The highest BCUT2D eigenvalue weighted by Crippen LogP contribution is 2.10. The SMILES string of the molecule is NCCC(F)CCc1ccc(F)cc1. The van der Waals surface area contributed by atoms with Crippen molar-refractivity contribution >= 4 is 0 Å². The predicted molar refractivity (Wildman–Crippen MR) is 53.3 cm³/mol. The Morgan fingerprint density at radius 1 is 1.14 bits per heavy atom. The normalized spacial score (nSPS) is 12.8. The Labute approximate surface area is 82.9 Å². The van der Waals surface area contributed by atoms with E-state index in [9.17, 15) is 8.78 Å². The molecule has 1 nitrogen and oxygen atoms in total. The van der Waals surface area contributed by atoms with E-state index in [-0.39, 0.29) is 5.82 Å². The maximum atomic E-state index is 13.0. The van der Waals surface area contributed by atoms with Crippen LogP contribution in [-0.2, 0) is 6.42 Å². The molecule has 3 heteroatoms. The van der Waals surface area contributed by atoms with Crippen LogP contribution in [0.3, 0.4) is 0 Å². The van der Waals surface area contributed by atoms with Gasteiger partial charge in [-0.25, -0.2) is 8.78 Å². The molecule has 2 N–H and O–H groups in total. The van der Waals surface area contributed by atoms with Gasteiger partial charge in [0.2, 0.25) is 0 Å². The van der Waals surface area contributed by atoms with E-state index >= 15 is 0 Å². The van der Waals surface area contributed by atoms with E-state index in [2.05, 4.69) is 0 Å². The van der Waals surface area contributed by atoms with E-state index in [4.69, 9.17) is 5.73 Å². The van der Waals surface area contributed by atoms with Gasteiger partial charge in [-0.05, 0) is 43.5 Å². The second-order valence-corrected chi connectivity index (χ2v) is 3.34. The molecule has 78 valence electrons. The molecule has 0 fully saturated rings. The fraction of sp³-hybridized carbons (Fsp3) is 0.455. The third-order valence-electron chi connectivity index (χ3n) is 2.14. The van der Waals surface area contributed by atoms with Crippen molar-refractivity contribution < 1.29 is 8.78 Å². The zero-order chi connectivity index (χ0) is 10.4. The Hall–Kier alpha value is -0.960. The molecule has 0 bridgehead atoms. The maximum absolute atomic E-state index is 13.0. The Morgan fingerprint density at radius 2 is 1.79 bits per heavy atom. The first-order chi connectivity index (χ1) is 6.72. The summed E-state index contributed by atoms with van der Waals surface area (Å²) in [5, 5.41) is 0. The summed E-state index contributed by atoms with van der Waals surface area (Å²) < 4.78 is 25.5. The van der Waals surface area contributed by atoms with Gasteiger partial charge in [-0.3, -0.25) is 0 Å². The molecule has 1 unspecified atom stereocenters. The smallest absolute Gasteiger partial charge is 0.123 e. The molecule has 0 saturated carbocycles. The molecule has 0 amide bonds. The summed E-state index contributed by atoms with van der Waals surface area (Å²) in [5.74, 6) is -0.257. The summed E-state index contributed by atoms with van der Waals surface area (Å²) in [6.07, 6.45) is 0.663. The molecule has 0 saturated heterocycles. The lowest BCUT2D eigenvalue weighted by Crippen LogP contribution is -2.09. The van der Waals surface area contributed by atoms with Crippen molar-refractivity contribution in [1.29, 1.82) is 0 Å². The van der Waals surface area contributed by atoms with E-state index in [1.807, 2.05) is 0 Å². The molecular weight excluding hydrogens is 184 g/mol. The summed E-state index contributed by atoms with van der Waals surface area (Å²) in [7, 11) is 0. The first kappa shape index (κ1) is 11.1. The van der Waals surface area contributed by atoms with Crippen molar-refractivity contribution in [3.63, 3.8) is 0 Å². The van der Waals surface area contributed by atoms with Crippen LogP contribution >= 0.6 is 0 Å². The molecule has 1 aromatic rings. The third kappa shape index (κ3) is 3.83. The zero-order valence-electron chi connectivity index (χ0n) is 8.05. The van der Waals surface area contributed by atoms with Gasteiger partial charge in [-0.1, -0.05) is 12.1 Å². The van der Waals surface area contributed by atoms with Crippen LogP contribution < -0.4 is 5.73 Å². The molecule has 0 spiro atoms. The molecule has 1 atom stereocenters. The van der Waals surface area contributed by atoms with Crippen LogP contribution in [0.4, 0.5) is 8.78 Å². The number of benzene rings is 1. The second kappa shape index (κ2) is 5.70. The number of alkyl halides is 1. The third-order valence-corrected chi connectivity index (χ3v) is 2.14. The average Bonchev–Trinajstić information content (AvgIpc) is 2.17. The summed E-state index contributed by atoms with van der Waals surface area (Å²) in [6.45, 7) is 0.380. The van der Waals surface area contributed by atoms with Crippen molar-refractivity contribution in [3.8, 4) is 0 Å². The van der Waals surface area contributed by atoms with E-state index in [0.29, 0.717) is 25.8 Å². The molecule has 0 aliphatic carbocycles. The molecule has 0 radical (unpaired) electrons. The van der Waals surface area contributed by atoms with Gasteiger partial charge in [0.15, 0.2) is 0 Å². The van der Waals surface area contributed by atoms with Gasteiger partial charge < -0.3 is 5.73 Å². The van der Waals surface area contributed by atoms with Crippen molar-refractivity contribution in [2.75, 3.05) is 6.54 Å². The lowest BCUT2D eigenvalue weighted by atomic mass is 10.1. The van der Waals surface area contributed by atoms with Gasteiger partial charge in [0.25, 0.3) is 0 Å². The number of nitrogens with two attached hydrogens (primary N) is 1. The minimum atomic E-state index is -0.843. The number of rotatable bonds is 5. The van der Waals surface area contributed by atoms with Crippen LogP contribution in [0.15, 0.2) is 24.3 Å². The molecule has 0 aromatic heterocycles. The highest BCUT2D eigenvalue weighted by molar-refractivity contribution is 5.16. The fourth-order valence-electron chi connectivity index (χ4n) is 1.30. The quantitative estimate of drug-likeness (QED) is 0.774. The number of hydrogen-bond donors (Lipinski definition) is 1. The highest BCUT2D eigenvalue weighted by Gasteiger charge is 2.05. The van der Waals surface area contributed by atoms with E-state index < -0.39 is 6.17 Å². The van der Waals surface area contributed by atoms with Gasteiger partial charge in [-0.15, -0.1) is 0 Å². The topological polar surface area (TPSA) is 26.0 Å². The van der Waals surface area contributed by atoms with Crippen LogP contribution in [0.25, 0.3) is 0 Å². The standard InChI is InChI=1S/C11H15F2N/c12-10-4-1-9(2-5-10)3-6-11(13)7-8-14/h1-2,4-5,11H,3,6-8,14H2. The molecule has 14 heavy (non-hydrogen) atoms. The molecular formula is C11H15F2N. The van der Waals surface area contributed by atoms with Crippen molar-refractivity contribution in [3.05, 3.63) is 35.6 Å². The largest absolute Gasteiger partial charge is 0.330 e. The van der Waals surface area contributed by atoms with Crippen LogP contribution in [0.2, 0.25) is 0 Å². The van der Waals surface area contributed by atoms with E-state index in [1.165, 1.54) is 12.1 Å². The van der Waals surface area contributed by atoms with Crippen molar-refractivity contribution in [2.45, 2.75) is 25.4 Å². The van der Waals surface area contributed by atoms with Crippen molar-refractivity contribution in [1.82, 2.24) is 0 Å². The van der Waals surface area contributed by atoms with Gasteiger partial charge in [-0.2, -0.15) is 0 Å². The van der Waals surface area contributed by atoms with Crippen LogP contribution in [0.5, 0.6) is 0 Å². The van der Waals surface area contributed by atoms with E-state index in [1.54, 1.807) is 12.1 Å². The average molecular weight is 199 g/mol. The maximum Gasteiger partial charge on any atom is 0.123 e. The summed E-state index contributed by atoms with van der Waals surface area (Å²) in [5.41, 5.74) is 6.19. The predicted octanol–water partition coefficient (Wildman–Crippen LogP) is 2.45. The zero-order valence-corrected chi connectivity index (χ0v) is 8.05. The van der Waals surface area contributed by atoms with Gasteiger partial charge in [0.1, 0.15) is 12.0 Å². The minimum absolute atomic E-state index is 0.257. The number of halogens is 2. The lowest BCUT2D eigenvalue weighted by molar-refractivity contribution is 0.300. The fourth-order valence-corrected chi connectivity index (χ4v) is 1.30. The highest BCUT2D eigenvalue weighted by atomic mass is 19.1. The van der Waals surface area contributed by atoms with Gasteiger partial charge in [0, 0.05) is 0 Å². The van der Waals surface area contributed by atoms with Gasteiger partial charge >= 0.3 is 0 Å². The van der Waals surface area contributed by atoms with Crippen molar-refractivity contribution in [2.24, 2.45) is 5.73 Å². The summed E-state index contributed by atoms with van der Waals surface area (Å²) in [6, 6.07) is 6.16. The molecule has 0 aliphatic heterocycles. The van der Waals surface area contributed by atoms with Crippen LogP contribution in [0.1, 0.15) is 18.4 Å². The van der Waals surface area contributed by atoms with Gasteiger partial charge in [0.05, 0.1) is 0 Å². The summed E-state index contributed by atoms with van der Waals surface area (Å²) in [4.78, 5) is 0. The van der Waals surface area contributed by atoms with Crippen LogP contribution in [0, 0.1) is 5.82 Å². The summed E-state index contributed by atoms with van der Waals surface area (Å²) >= 11 is 0. The first-order valence-electron chi connectivity index (χ1n) is 4.81. The molecule has 0 heterocycles. The molecule has 0 aliphatic rings. The van der Waals surface area contributed by atoms with Crippen LogP contribution in [-0.4, -0.2) is 12.7 Å². The molecule has 1 rings (SSSR count). The number of aryl methyl sites for hydroxylation is 1. The van der Waals surface area contributed by atoms with E-state index in [0.717, 1.165) is 5.56 Å². The first-order valence-corrected chi connectivity index (χ1v) is 4.81. The molecule has 1 aromatic carbocycles. The monoisotopic (exact) mass is 199 g/mol. The Kier molecular flexibility index (Phi) is 4.53.